The average molecular weight is 717 g/mol. The summed E-state index contributed by atoms with van der Waals surface area (Å²) in [5.41, 5.74) is 1.26. The lowest BCUT2D eigenvalue weighted by atomic mass is 9.51. The summed E-state index contributed by atoms with van der Waals surface area (Å²) in [7, 11) is 4.54. The van der Waals surface area contributed by atoms with Crippen LogP contribution in [0.1, 0.15) is 36.8 Å². The van der Waals surface area contributed by atoms with E-state index in [4.69, 9.17) is 26.2 Å². The molecule has 4 heterocycles. The standard InChI is InChI=1S/C36H33ClN4O8S/c1-15-20-10-16(37)6-9-26(20)50-31(15)23-14-27(39(3)38-23)40-33(44)22-13-21-18(7-8-19-28(21)34(45)41(47)32(19)43)30(36(22,2)35(40)46)29-24(48-4)11-17(42)12-25(29)49-5/h6-7,9-12,14,19,21-22,28,30,42,47H,8,13H2,1-5H3/t19-,21+,22-,28-,30+,36+/m0/s1. The number of aromatic nitrogens is 2. The third-order valence-electron chi connectivity index (χ3n) is 11.3. The largest absolute Gasteiger partial charge is 0.508 e. The zero-order valence-electron chi connectivity index (χ0n) is 27.8. The van der Waals surface area contributed by atoms with Crippen molar-refractivity contribution >= 4 is 62.5 Å². The summed E-state index contributed by atoms with van der Waals surface area (Å²) < 4.78 is 14.1. The number of aryl methyl sites for hydroxylation is 2. The van der Waals surface area contributed by atoms with Gasteiger partial charge < -0.3 is 14.6 Å². The number of methoxy groups -OCH3 is 2. The highest BCUT2D eigenvalue weighted by molar-refractivity contribution is 7.22. The molecule has 4 amide bonds. The second-order valence-electron chi connectivity index (χ2n) is 13.6. The lowest BCUT2D eigenvalue weighted by molar-refractivity contribution is -0.173. The number of phenolic OH excluding ortho intramolecular Hbond substituents is 1. The van der Waals surface area contributed by atoms with Crippen molar-refractivity contribution in [1.82, 2.24) is 14.8 Å². The molecule has 0 bridgehead atoms. The summed E-state index contributed by atoms with van der Waals surface area (Å²) in [5.74, 6) is -5.89. The van der Waals surface area contributed by atoms with Crippen LogP contribution in [0.5, 0.6) is 17.2 Å². The number of halogens is 1. The molecule has 12 nitrogen and oxygen atoms in total. The number of aromatic hydroxyl groups is 1. The van der Waals surface area contributed by atoms with Crippen molar-refractivity contribution in [1.29, 1.82) is 0 Å². The number of ether oxygens (including phenoxy) is 2. The van der Waals surface area contributed by atoms with Crippen molar-refractivity contribution in [2.24, 2.45) is 36.1 Å². The zero-order chi connectivity index (χ0) is 35.5. The van der Waals surface area contributed by atoms with Crippen LogP contribution < -0.4 is 14.4 Å². The number of hydrogen-bond donors (Lipinski definition) is 2. The Hall–Kier alpha value is -4.72. The van der Waals surface area contributed by atoms with Crippen LogP contribution >= 0.6 is 22.9 Å². The first-order chi connectivity index (χ1) is 23.8. The summed E-state index contributed by atoms with van der Waals surface area (Å²) in [6, 6.07) is 10.2. The van der Waals surface area contributed by atoms with Gasteiger partial charge in [-0.3, -0.25) is 29.1 Å². The van der Waals surface area contributed by atoms with Crippen molar-refractivity contribution in [3.05, 3.63) is 64.2 Å². The van der Waals surface area contributed by atoms with Gasteiger partial charge in [0.05, 0.1) is 42.3 Å². The molecule has 2 aromatic heterocycles. The van der Waals surface area contributed by atoms with E-state index in [2.05, 4.69) is 0 Å². The van der Waals surface area contributed by atoms with Crippen molar-refractivity contribution in [3.8, 4) is 27.8 Å². The maximum absolute atomic E-state index is 15.1. The average Bonchev–Trinajstić information content (AvgIpc) is 3.75. The normalized spacial score (nSPS) is 27.5. The smallest absolute Gasteiger partial charge is 0.257 e. The Morgan fingerprint density at radius 3 is 2.38 bits per heavy atom. The Morgan fingerprint density at radius 1 is 1.00 bits per heavy atom. The van der Waals surface area contributed by atoms with E-state index in [-0.39, 0.29) is 41.0 Å². The van der Waals surface area contributed by atoms with Gasteiger partial charge in [0.1, 0.15) is 28.8 Å². The fourth-order valence-corrected chi connectivity index (χ4v) is 10.3. The molecule has 2 saturated heterocycles. The molecule has 4 aromatic rings. The molecule has 0 spiro atoms. The fourth-order valence-electron chi connectivity index (χ4n) is 8.95. The first-order valence-electron chi connectivity index (χ1n) is 16.1. The third-order valence-corrected chi connectivity index (χ3v) is 12.8. The van der Waals surface area contributed by atoms with Crippen LogP contribution in [-0.2, 0) is 26.2 Å². The summed E-state index contributed by atoms with van der Waals surface area (Å²) in [4.78, 5) is 58.2. The molecule has 3 fully saturated rings. The predicted molar refractivity (Wildman–Crippen MR) is 183 cm³/mol. The quantitative estimate of drug-likeness (QED) is 0.153. The van der Waals surface area contributed by atoms with Gasteiger partial charge in [-0.1, -0.05) is 23.3 Å². The van der Waals surface area contributed by atoms with Crippen molar-refractivity contribution in [3.63, 3.8) is 0 Å². The number of imide groups is 2. The molecular formula is C36H33ClN4O8S. The number of carbonyl (C=O) groups is 4. The molecule has 4 aliphatic rings. The highest BCUT2D eigenvalue weighted by Gasteiger charge is 2.68. The maximum atomic E-state index is 15.1. The van der Waals surface area contributed by atoms with Crippen molar-refractivity contribution in [2.45, 2.75) is 32.6 Å². The number of hydroxylamine groups is 2. The minimum absolute atomic E-state index is 0.0948. The monoisotopic (exact) mass is 716 g/mol. The van der Waals surface area contributed by atoms with E-state index in [0.29, 0.717) is 21.9 Å². The van der Waals surface area contributed by atoms with Gasteiger partial charge in [-0.05, 0) is 61.8 Å². The molecule has 14 heteroatoms. The Labute approximate surface area is 295 Å². The van der Waals surface area contributed by atoms with Gasteiger partial charge in [0.2, 0.25) is 11.8 Å². The van der Waals surface area contributed by atoms with E-state index in [1.54, 1.807) is 20.0 Å². The third kappa shape index (κ3) is 4.23. The van der Waals surface area contributed by atoms with Crippen LogP contribution in [0.4, 0.5) is 5.82 Å². The van der Waals surface area contributed by atoms with Crippen LogP contribution in [0, 0.1) is 36.0 Å². The van der Waals surface area contributed by atoms with Crippen LogP contribution in [0.3, 0.4) is 0 Å². The number of amides is 4. The number of fused-ring (bicyclic) bond motifs is 5. The molecule has 2 aliphatic carbocycles. The summed E-state index contributed by atoms with van der Waals surface area (Å²) in [5, 5.41) is 27.5. The first-order valence-corrected chi connectivity index (χ1v) is 17.3. The Bertz CT molecular complexity index is 2200. The maximum Gasteiger partial charge on any atom is 0.257 e. The van der Waals surface area contributed by atoms with Gasteiger partial charge in [-0.15, -0.1) is 11.3 Å². The predicted octanol–water partition coefficient (Wildman–Crippen LogP) is 5.61. The van der Waals surface area contributed by atoms with E-state index in [1.165, 1.54) is 47.3 Å². The van der Waals surface area contributed by atoms with Gasteiger partial charge in [0.25, 0.3) is 11.8 Å². The van der Waals surface area contributed by atoms with Gasteiger partial charge in [0, 0.05) is 46.5 Å². The van der Waals surface area contributed by atoms with Gasteiger partial charge in [-0.2, -0.15) is 10.2 Å². The van der Waals surface area contributed by atoms with Crippen LogP contribution in [0.2, 0.25) is 5.02 Å². The molecule has 2 aliphatic heterocycles. The number of nitrogens with zero attached hydrogens (tertiary/aromatic N) is 4. The van der Waals surface area contributed by atoms with Crippen LogP contribution in [0.15, 0.2) is 48.0 Å². The summed E-state index contributed by atoms with van der Waals surface area (Å²) in [6.07, 6.45) is 2.11. The second kappa shape index (κ2) is 11.1. The fraction of sp³-hybridized carbons (Fsp3) is 0.361. The molecule has 6 atom stereocenters. The van der Waals surface area contributed by atoms with Crippen LogP contribution in [0.25, 0.3) is 20.7 Å². The lowest BCUT2D eigenvalue weighted by Gasteiger charge is -2.49. The van der Waals surface area contributed by atoms with E-state index in [1.807, 2.05) is 31.2 Å². The van der Waals surface area contributed by atoms with E-state index < -0.39 is 58.6 Å². The van der Waals surface area contributed by atoms with Crippen molar-refractivity contribution in [2.75, 3.05) is 19.1 Å². The van der Waals surface area contributed by atoms with Gasteiger partial charge in [0.15, 0.2) is 0 Å². The topological polar surface area (TPSA) is 152 Å². The minimum Gasteiger partial charge on any atom is -0.508 e. The Balaban J connectivity index is 1.30. The molecule has 0 radical (unpaired) electrons. The van der Waals surface area contributed by atoms with E-state index in [9.17, 15) is 24.7 Å². The number of anilines is 1. The Morgan fingerprint density at radius 2 is 1.70 bits per heavy atom. The minimum atomic E-state index is -1.41. The molecule has 0 unspecified atom stereocenters. The second-order valence-corrected chi connectivity index (χ2v) is 15.1. The van der Waals surface area contributed by atoms with Gasteiger partial charge in [-0.25, -0.2) is 4.90 Å². The highest BCUT2D eigenvalue weighted by Crippen LogP contribution is 2.65. The summed E-state index contributed by atoms with van der Waals surface area (Å²) >= 11 is 7.83. The molecule has 8 rings (SSSR count). The molecule has 50 heavy (non-hydrogen) atoms. The number of rotatable bonds is 5. The lowest BCUT2D eigenvalue weighted by Crippen LogP contribution is -2.49. The number of carbonyl (C=O) groups excluding carboxylic acids is 4. The molecule has 2 aromatic carbocycles. The van der Waals surface area contributed by atoms with Crippen LogP contribution in [-0.4, -0.2) is 63.0 Å². The molecular weight excluding hydrogens is 684 g/mol. The van der Waals surface area contributed by atoms with Crippen molar-refractivity contribution < 1.29 is 39.0 Å². The molecule has 1 saturated carbocycles. The SMILES string of the molecule is COc1cc(O)cc(OC)c1[C@H]1C2=CC[C@@H]3C(=O)N(O)C(=O)[C@@H]3[C@@H]2C[C@H]2C(=O)N(c3cc(-c4sc5ccc(Cl)cc5c4C)nn3C)C(=O)[C@@]12C. The van der Waals surface area contributed by atoms with E-state index >= 15 is 4.79 Å². The zero-order valence-corrected chi connectivity index (χ0v) is 29.3. The Kier molecular flexibility index (Phi) is 7.24. The first kappa shape index (κ1) is 32.5. The van der Waals surface area contributed by atoms with E-state index in [0.717, 1.165) is 20.5 Å². The number of phenols is 1. The highest BCUT2D eigenvalue weighted by atomic mass is 35.5. The number of benzene rings is 2. The number of hydrogen-bond acceptors (Lipinski definition) is 10. The summed E-state index contributed by atoms with van der Waals surface area (Å²) in [6.45, 7) is 3.73. The molecule has 258 valence electrons. The number of allylic oxidation sites excluding steroid dienone is 2. The molecule has 2 N–H and O–H groups in total. The van der Waals surface area contributed by atoms with Gasteiger partial charge >= 0.3 is 0 Å². The number of thiophene rings is 1.